The van der Waals surface area contributed by atoms with E-state index < -0.39 is 17.8 Å². The molecule has 0 saturated carbocycles. The van der Waals surface area contributed by atoms with E-state index in [1.165, 1.54) is 11.8 Å². The fraction of sp³-hybridized carbons (Fsp3) is 0.333. The number of benzene rings is 2. The summed E-state index contributed by atoms with van der Waals surface area (Å²) in [6.07, 6.45) is -3.81. The van der Waals surface area contributed by atoms with E-state index in [2.05, 4.69) is 4.98 Å². The number of hydrogen-bond acceptors (Lipinski definition) is 7. The van der Waals surface area contributed by atoms with Crippen LogP contribution in [0.2, 0.25) is 0 Å². The van der Waals surface area contributed by atoms with Crippen LogP contribution in [0.3, 0.4) is 0 Å². The second kappa shape index (κ2) is 13.2. The second-order valence-corrected chi connectivity index (χ2v) is 9.04. The van der Waals surface area contributed by atoms with Gasteiger partial charge in [0.25, 0.3) is 5.88 Å². The Balaban J connectivity index is 1.58. The lowest BCUT2D eigenvalue weighted by molar-refractivity contribution is -0.140. The quantitative estimate of drug-likeness (QED) is 0.181. The summed E-state index contributed by atoms with van der Waals surface area (Å²) in [6.45, 7) is 6.13. The van der Waals surface area contributed by atoms with Gasteiger partial charge in [0.15, 0.2) is 5.75 Å². The second-order valence-electron chi connectivity index (χ2n) is 8.03. The van der Waals surface area contributed by atoms with Crippen molar-refractivity contribution >= 4 is 17.7 Å². The van der Waals surface area contributed by atoms with Gasteiger partial charge in [0.1, 0.15) is 17.6 Å². The van der Waals surface area contributed by atoms with Crippen LogP contribution in [-0.4, -0.2) is 36.0 Å². The van der Waals surface area contributed by atoms with Crippen LogP contribution < -0.4 is 14.2 Å². The van der Waals surface area contributed by atoms with Crippen LogP contribution in [0.1, 0.15) is 31.4 Å². The number of ether oxygens (including phenoxy) is 4. The van der Waals surface area contributed by atoms with E-state index in [0.29, 0.717) is 31.1 Å². The minimum absolute atomic E-state index is 0.0387. The summed E-state index contributed by atoms with van der Waals surface area (Å²) < 4.78 is 61.9. The van der Waals surface area contributed by atoms with E-state index in [1.807, 2.05) is 25.1 Å². The Labute approximate surface area is 218 Å². The highest BCUT2D eigenvalue weighted by atomic mass is 32.2. The van der Waals surface area contributed by atoms with Gasteiger partial charge in [0, 0.05) is 23.6 Å². The SMILES string of the molecule is CCOC(=O)CSc1ccc(OCCC(C)Oc2ncc(C(F)(F)F)cc2Oc2ccccc2)cc1C. The molecule has 0 aliphatic carbocycles. The van der Waals surface area contributed by atoms with E-state index in [-0.39, 0.29) is 23.4 Å². The Morgan fingerprint density at radius 2 is 1.84 bits per heavy atom. The molecule has 10 heteroatoms. The third kappa shape index (κ3) is 8.89. The third-order valence-corrected chi connectivity index (χ3v) is 6.17. The number of aryl methyl sites for hydroxylation is 1. The molecule has 0 aliphatic heterocycles. The summed E-state index contributed by atoms with van der Waals surface area (Å²) in [5.74, 6) is 0.830. The maximum Gasteiger partial charge on any atom is 0.418 e. The molecule has 0 amide bonds. The lowest BCUT2D eigenvalue weighted by Gasteiger charge is -2.18. The molecule has 0 N–H and O–H groups in total. The Morgan fingerprint density at radius 3 is 2.51 bits per heavy atom. The first-order valence-electron chi connectivity index (χ1n) is 11.6. The highest BCUT2D eigenvalue weighted by Crippen LogP contribution is 2.37. The van der Waals surface area contributed by atoms with Crippen molar-refractivity contribution in [1.29, 1.82) is 0 Å². The van der Waals surface area contributed by atoms with E-state index in [1.54, 1.807) is 44.2 Å². The number of rotatable bonds is 12. The van der Waals surface area contributed by atoms with E-state index in [0.717, 1.165) is 22.7 Å². The molecular weight excluding hydrogens is 507 g/mol. The van der Waals surface area contributed by atoms with Crippen LogP contribution in [0.25, 0.3) is 0 Å². The van der Waals surface area contributed by atoms with Gasteiger partial charge in [-0.2, -0.15) is 13.2 Å². The maximum atomic E-state index is 13.2. The molecule has 2 aromatic carbocycles. The summed E-state index contributed by atoms with van der Waals surface area (Å²) in [5.41, 5.74) is 0.0359. The molecule has 1 unspecified atom stereocenters. The van der Waals surface area contributed by atoms with Gasteiger partial charge in [-0.1, -0.05) is 18.2 Å². The number of carbonyl (C=O) groups is 1. The van der Waals surface area contributed by atoms with Crippen molar-refractivity contribution in [1.82, 2.24) is 4.98 Å². The smallest absolute Gasteiger partial charge is 0.418 e. The number of pyridine rings is 1. The molecule has 1 aromatic heterocycles. The van der Waals surface area contributed by atoms with Gasteiger partial charge in [-0.25, -0.2) is 4.98 Å². The predicted molar refractivity (Wildman–Crippen MR) is 134 cm³/mol. The summed E-state index contributed by atoms with van der Waals surface area (Å²) >= 11 is 1.40. The molecule has 1 atom stereocenters. The number of aromatic nitrogens is 1. The highest BCUT2D eigenvalue weighted by Gasteiger charge is 2.32. The fourth-order valence-electron chi connectivity index (χ4n) is 3.17. The van der Waals surface area contributed by atoms with Crippen molar-refractivity contribution in [3.05, 3.63) is 71.9 Å². The highest BCUT2D eigenvalue weighted by molar-refractivity contribution is 8.00. The zero-order chi connectivity index (χ0) is 26.8. The zero-order valence-electron chi connectivity index (χ0n) is 20.7. The van der Waals surface area contributed by atoms with Gasteiger partial charge in [0.05, 0.1) is 24.5 Å². The average molecular weight is 536 g/mol. The van der Waals surface area contributed by atoms with Crippen molar-refractivity contribution in [3.63, 3.8) is 0 Å². The Kier molecular flexibility index (Phi) is 10.1. The number of halogens is 3. The Bertz CT molecular complexity index is 1170. The zero-order valence-corrected chi connectivity index (χ0v) is 21.5. The molecule has 0 aliphatic rings. The van der Waals surface area contributed by atoms with Crippen molar-refractivity contribution in [2.45, 2.75) is 44.4 Å². The number of para-hydroxylation sites is 1. The van der Waals surface area contributed by atoms with Crippen molar-refractivity contribution in [2.24, 2.45) is 0 Å². The van der Waals surface area contributed by atoms with Crippen molar-refractivity contribution in [3.8, 4) is 23.1 Å². The number of carbonyl (C=O) groups excluding carboxylic acids is 1. The van der Waals surface area contributed by atoms with Gasteiger partial charge in [-0.3, -0.25) is 4.79 Å². The Hall–Kier alpha value is -3.40. The monoisotopic (exact) mass is 535 g/mol. The molecule has 6 nitrogen and oxygen atoms in total. The molecular formula is C27H28F3NO5S. The Morgan fingerprint density at radius 1 is 1.08 bits per heavy atom. The molecule has 198 valence electrons. The molecule has 0 saturated heterocycles. The molecule has 3 rings (SSSR count). The minimum atomic E-state index is -4.56. The molecule has 3 aromatic rings. The number of esters is 1. The van der Waals surface area contributed by atoms with Crippen LogP contribution >= 0.6 is 11.8 Å². The number of alkyl halides is 3. The summed E-state index contributed by atoms with van der Waals surface area (Å²) in [7, 11) is 0. The lowest BCUT2D eigenvalue weighted by atomic mass is 10.2. The van der Waals surface area contributed by atoms with Gasteiger partial charge in [-0.05, 0) is 56.7 Å². The molecule has 0 fully saturated rings. The number of nitrogens with zero attached hydrogens (tertiary/aromatic N) is 1. The van der Waals surface area contributed by atoms with Gasteiger partial charge in [-0.15, -0.1) is 11.8 Å². The van der Waals surface area contributed by atoms with Crippen LogP contribution in [0.15, 0.2) is 65.7 Å². The van der Waals surface area contributed by atoms with Crippen molar-refractivity contribution in [2.75, 3.05) is 19.0 Å². The van der Waals surface area contributed by atoms with E-state index in [4.69, 9.17) is 18.9 Å². The summed E-state index contributed by atoms with van der Waals surface area (Å²) in [6, 6.07) is 14.9. The molecule has 0 radical (unpaired) electrons. The average Bonchev–Trinajstić information content (AvgIpc) is 2.85. The van der Waals surface area contributed by atoms with Crippen molar-refractivity contribution < 1.29 is 36.9 Å². The van der Waals surface area contributed by atoms with Gasteiger partial charge in [0.2, 0.25) is 0 Å². The van der Waals surface area contributed by atoms with Gasteiger partial charge < -0.3 is 18.9 Å². The molecule has 1 heterocycles. The normalized spacial score (nSPS) is 12.1. The van der Waals surface area contributed by atoms with Crippen LogP contribution in [-0.2, 0) is 15.7 Å². The van der Waals surface area contributed by atoms with Crippen LogP contribution in [0, 0.1) is 6.92 Å². The molecule has 0 spiro atoms. The third-order valence-electron chi connectivity index (χ3n) is 5.02. The predicted octanol–water partition coefficient (Wildman–Crippen LogP) is 7.09. The first-order chi connectivity index (χ1) is 17.7. The maximum absolute atomic E-state index is 13.2. The van der Waals surface area contributed by atoms with E-state index in [9.17, 15) is 18.0 Å². The molecule has 0 bridgehead atoms. The summed E-state index contributed by atoms with van der Waals surface area (Å²) in [5, 5.41) is 0. The first kappa shape index (κ1) is 28.2. The number of thioether (sulfide) groups is 1. The van der Waals surface area contributed by atoms with Crippen LogP contribution in [0.5, 0.6) is 23.1 Å². The lowest BCUT2D eigenvalue weighted by Crippen LogP contribution is -2.17. The fourth-order valence-corrected chi connectivity index (χ4v) is 3.98. The summed E-state index contributed by atoms with van der Waals surface area (Å²) in [4.78, 5) is 16.4. The first-order valence-corrected chi connectivity index (χ1v) is 12.6. The van der Waals surface area contributed by atoms with E-state index >= 15 is 0 Å². The van der Waals surface area contributed by atoms with Crippen LogP contribution in [0.4, 0.5) is 13.2 Å². The number of hydrogen-bond donors (Lipinski definition) is 0. The minimum Gasteiger partial charge on any atom is -0.493 e. The van der Waals surface area contributed by atoms with Gasteiger partial charge >= 0.3 is 12.1 Å². The topological polar surface area (TPSA) is 66.9 Å². The molecule has 37 heavy (non-hydrogen) atoms. The standard InChI is InChI=1S/C27H28F3NO5S/c1-4-33-25(32)17-37-24-11-10-22(14-18(24)2)34-13-12-19(3)35-26-23(36-21-8-6-5-7-9-21)15-20(16-31-26)27(28,29)30/h5-11,14-16,19H,4,12-13,17H2,1-3H3. The largest absolute Gasteiger partial charge is 0.493 e.